The summed E-state index contributed by atoms with van der Waals surface area (Å²) in [5, 5.41) is 0.213. The van der Waals surface area contributed by atoms with Crippen LogP contribution in [0.2, 0.25) is 0 Å². The van der Waals surface area contributed by atoms with Crippen molar-refractivity contribution in [1.82, 2.24) is 0 Å². The number of ether oxygens (including phenoxy) is 1. The van der Waals surface area contributed by atoms with Crippen LogP contribution < -0.4 is 5.73 Å². The lowest BCUT2D eigenvalue weighted by atomic mass is 9.48. The third-order valence-corrected chi connectivity index (χ3v) is 8.84. The summed E-state index contributed by atoms with van der Waals surface area (Å²) in [5.74, 6) is 3.46. The topological polar surface area (TPSA) is 52.3 Å². The highest BCUT2D eigenvalue weighted by Crippen LogP contribution is 2.61. The predicted octanol–water partition coefficient (Wildman–Crippen LogP) is 2.46. The molecule has 120 valence electrons. The third kappa shape index (κ3) is 2.51. The molecule has 5 aliphatic rings. The van der Waals surface area contributed by atoms with Gasteiger partial charge in [-0.15, -0.1) is 0 Å². The molecule has 0 aromatic carbocycles. The van der Waals surface area contributed by atoms with Crippen molar-refractivity contribution in [3.8, 4) is 0 Å². The van der Waals surface area contributed by atoms with E-state index < -0.39 is 10.8 Å². The fourth-order valence-electron chi connectivity index (χ4n) is 6.17. The van der Waals surface area contributed by atoms with Gasteiger partial charge in [-0.1, -0.05) is 0 Å². The van der Waals surface area contributed by atoms with Gasteiger partial charge in [0, 0.05) is 29.2 Å². The monoisotopic (exact) mass is 311 g/mol. The molecule has 0 aromatic rings. The first-order valence-electron chi connectivity index (χ1n) is 8.80. The van der Waals surface area contributed by atoms with E-state index >= 15 is 0 Å². The lowest BCUT2D eigenvalue weighted by Crippen LogP contribution is -2.56. The fraction of sp³-hybridized carbons (Fsp3) is 1.00. The molecule has 0 amide bonds. The van der Waals surface area contributed by atoms with Gasteiger partial charge in [-0.25, -0.2) is 0 Å². The van der Waals surface area contributed by atoms with Crippen molar-refractivity contribution in [2.45, 2.75) is 69.3 Å². The van der Waals surface area contributed by atoms with Crippen LogP contribution in [0.15, 0.2) is 0 Å². The molecule has 2 N–H and O–H groups in total. The summed E-state index contributed by atoms with van der Waals surface area (Å²) in [7, 11) is -0.818. The molecular weight excluding hydrogens is 282 g/mol. The number of hydrogen-bond donors (Lipinski definition) is 1. The average molecular weight is 311 g/mol. The lowest BCUT2D eigenvalue weighted by Gasteiger charge is -2.59. The maximum atomic E-state index is 12.7. The van der Waals surface area contributed by atoms with Crippen molar-refractivity contribution in [3.63, 3.8) is 0 Å². The number of nitrogens with two attached hydrogens (primary N) is 1. The molecule has 3 nitrogen and oxygen atoms in total. The Hall–Kier alpha value is 0.0700. The van der Waals surface area contributed by atoms with Crippen LogP contribution >= 0.6 is 0 Å². The van der Waals surface area contributed by atoms with Crippen molar-refractivity contribution in [1.29, 1.82) is 0 Å². The fourth-order valence-corrected chi connectivity index (χ4v) is 7.99. The molecule has 5 rings (SSSR count). The van der Waals surface area contributed by atoms with E-state index in [4.69, 9.17) is 10.5 Å². The summed E-state index contributed by atoms with van der Waals surface area (Å²) in [6.45, 7) is 2.83. The summed E-state index contributed by atoms with van der Waals surface area (Å²) in [5.41, 5.74) is 6.98. The van der Waals surface area contributed by atoms with Gasteiger partial charge in [0.1, 0.15) is 0 Å². The maximum Gasteiger partial charge on any atom is 0.0691 e. The van der Waals surface area contributed by atoms with Crippen molar-refractivity contribution < 1.29 is 8.95 Å². The zero-order chi connectivity index (χ0) is 14.6. The summed E-state index contributed by atoms with van der Waals surface area (Å²) in [4.78, 5) is 0. The quantitative estimate of drug-likeness (QED) is 0.867. The Balaban J connectivity index is 1.45. The van der Waals surface area contributed by atoms with Crippen LogP contribution in [0.25, 0.3) is 0 Å². The van der Waals surface area contributed by atoms with E-state index in [1.165, 1.54) is 38.5 Å². The van der Waals surface area contributed by atoms with Gasteiger partial charge >= 0.3 is 0 Å². The largest absolute Gasteiger partial charge is 0.377 e. The first kappa shape index (κ1) is 14.6. The van der Waals surface area contributed by atoms with E-state index in [1.807, 2.05) is 0 Å². The molecule has 21 heavy (non-hydrogen) atoms. The van der Waals surface area contributed by atoms with Gasteiger partial charge < -0.3 is 10.5 Å². The molecule has 4 heteroatoms. The Morgan fingerprint density at radius 2 is 1.76 bits per heavy atom. The molecule has 4 atom stereocenters. The molecule has 1 saturated heterocycles. The second kappa shape index (κ2) is 5.31. The highest BCUT2D eigenvalue weighted by atomic mass is 32.2. The normalized spacial score (nSPS) is 51.2. The Morgan fingerprint density at radius 1 is 1.19 bits per heavy atom. The molecule has 4 unspecified atom stereocenters. The van der Waals surface area contributed by atoms with Gasteiger partial charge in [-0.3, -0.25) is 4.21 Å². The smallest absolute Gasteiger partial charge is 0.0691 e. The molecular formula is C17H29NO2S. The van der Waals surface area contributed by atoms with Crippen LogP contribution in [0.1, 0.15) is 51.9 Å². The van der Waals surface area contributed by atoms with Crippen LogP contribution in [0.4, 0.5) is 0 Å². The van der Waals surface area contributed by atoms with E-state index in [9.17, 15) is 4.21 Å². The van der Waals surface area contributed by atoms with Gasteiger partial charge in [0.25, 0.3) is 0 Å². The Bertz CT molecular complexity index is 403. The minimum absolute atomic E-state index is 0.138. The zero-order valence-corrected chi connectivity index (χ0v) is 13.9. The number of hydrogen-bond acceptors (Lipinski definition) is 3. The Morgan fingerprint density at radius 3 is 2.24 bits per heavy atom. The van der Waals surface area contributed by atoms with Crippen molar-refractivity contribution in [2.24, 2.45) is 28.9 Å². The molecule has 4 saturated carbocycles. The second-order valence-electron chi connectivity index (χ2n) is 8.34. The molecule has 1 aliphatic heterocycles. The second-order valence-corrected chi connectivity index (χ2v) is 10.0. The minimum atomic E-state index is -0.818. The van der Waals surface area contributed by atoms with E-state index in [2.05, 4.69) is 6.92 Å². The lowest BCUT2D eigenvalue weighted by molar-refractivity contribution is -0.0631. The van der Waals surface area contributed by atoms with Crippen molar-refractivity contribution in [3.05, 3.63) is 0 Å². The molecule has 5 fully saturated rings. The Kier molecular flexibility index (Phi) is 3.71. The van der Waals surface area contributed by atoms with Gasteiger partial charge in [0.05, 0.1) is 11.4 Å². The molecule has 4 aliphatic carbocycles. The molecule has 1 heterocycles. The summed E-state index contributed by atoms with van der Waals surface area (Å²) in [6, 6.07) is 0.138. The first-order chi connectivity index (χ1) is 10.1. The van der Waals surface area contributed by atoms with E-state index in [0.717, 1.165) is 30.8 Å². The summed E-state index contributed by atoms with van der Waals surface area (Å²) >= 11 is 0. The van der Waals surface area contributed by atoms with Crippen LogP contribution in [0.5, 0.6) is 0 Å². The van der Waals surface area contributed by atoms with Crippen LogP contribution in [0.3, 0.4) is 0 Å². The molecule has 4 bridgehead atoms. The SMILES string of the molecule is CC1OCCC1S(=O)CC(N)C12CC3CC(CC(C3)C1)C2. The minimum Gasteiger partial charge on any atom is -0.377 e. The van der Waals surface area contributed by atoms with E-state index in [0.29, 0.717) is 11.2 Å². The first-order valence-corrected chi connectivity index (χ1v) is 10.2. The van der Waals surface area contributed by atoms with E-state index in [-0.39, 0.29) is 17.4 Å². The zero-order valence-electron chi connectivity index (χ0n) is 13.1. The van der Waals surface area contributed by atoms with E-state index in [1.54, 1.807) is 0 Å². The van der Waals surface area contributed by atoms with Crippen molar-refractivity contribution >= 4 is 10.8 Å². The highest BCUT2D eigenvalue weighted by Gasteiger charge is 2.53. The highest BCUT2D eigenvalue weighted by molar-refractivity contribution is 7.85. The summed E-state index contributed by atoms with van der Waals surface area (Å²) < 4.78 is 18.3. The van der Waals surface area contributed by atoms with Gasteiger partial charge in [0.2, 0.25) is 0 Å². The van der Waals surface area contributed by atoms with Crippen LogP contribution in [-0.4, -0.2) is 34.0 Å². The molecule has 0 radical (unpaired) electrons. The maximum absolute atomic E-state index is 12.7. The van der Waals surface area contributed by atoms with Gasteiger partial charge in [0.15, 0.2) is 0 Å². The van der Waals surface area contributed by atoms with Crippen LogP contribution in [0, 0.1) is 23.2 Å². The van der Waals surface area contributed by atoms with Crippen molar-refractivity contribution in [2.75, 3.05) is 12.4 Å². The summed E-state index contributed by atoms with van der Waals surface area (Å²) in [6.07, 6.45) is 9.38. The Labute approximate surface area is 130 Å². The molecule has 0 spiro atoms. The average Bonchev–Trinajstić information content (AvgIpc) is 2.83. The van der Waals surface area contributed by atoms with Crippen LogP contribution in [-0.2, 0) is 15.5 Å². The molecule has 0 aromatic heterocycles. The predicted molar refractivity (Wildman–Crippen MR) is 85.4 cm³/mol. The standard InChI is InChI=1S/C17H29NO2S/c1-11-15(2-3-20-11)21(19)10-16(18)17-7-12-4-13(8-17)6-14(5-12)9-17/h11-16H,2-10,18H2,1H3. The number of rotatable bonds is 4. The van der Waals surface area contributed by atoms with Gasteiger partial charge in [-0.2, -0.15) is 0 Å². The third-order valence-electron chi connectivity index (χ3n) is 6.86. The van der Waals surface area contributed by atoms with Gasteiger partial charge in [-0.05, 0) is 75.0 Å².